The van der Waals surface area contributed by atoms with Gasteiger partial charge in [-0.05, 0) is 34.7 Å². The molecule has 0 atom stereocenters. The lowest BCUT2D eigenvalue weighted by atomic mass is 10.3. The number of ether oxygens (including phenoxy) is 1. The molecule has 0 unspecified atom stereocenters. The Morgan fingerprint density at radius 1 is 1.24 bits per heavy atom. The van der Waals surface area contributed by atoms with Crippen LogP contribution in [-0.2, 0) is 10.9 Å². The van der Waals surface area contributed by atoms with Gasteiger partial charge in [0.05, 0.1) is 16.8 Å². The van der Waals surface area contributed by atoms with Crippen molar-refractivity contribution in [1.82, 2.24) is 4.98 Å². The molecule has 1 fully saturated rings. The van der Waals surface area contributed by atoms with Crippen LogP contribution in [0.4, 0.5) is 19.0 Å². The number of morpholine rings is 1. The second-order valence-corrected chi connectivity index (χ2v) is 4.76. The average Bonchev–Trinajstić information content (AvgIpc) is 2.29. The molecule has 0 bridgehead atoms. The number of hydrogen-bond acceptors (Lipinski definition) is 3. The normalized spacial score (nSPS) is 17.3. The van der Waals surface area contributed by atoms with Gasteiger partial charge in [0.1, 0.15) is 11.5 Å². The van der Waals surface area contributed by atoms with E-state index in [0.717, 1.165) is 9.64 Å². The number of alkyl halides is 3. The van der Waals surface area contributed by atoms with Gasteiger partial charge in [0, 0.05) is 13.1 Å². The lowest BCUT2D eigenvalue weighted by Gasteiger charge is -2.29. The van der Waals surface area contributed by atoms with Crippen molar-refractivity contribution < 1.29 is 17.9 Å². The summed E-state index contributed by atoms with van der Waals surface area (Å²) in [5.41, 5.74) is -0.848. The quantitative estimate of drug-likeness (QED) is 0.722. The molecule has 7 heteroatoms. The van der Waals surface area contributed by atoms with Gasteiger partial charge in [0.25, 0.3) is 0 Å². The highest BCUT2D eigenvalue weighted by atomic mass is 127. The third-order valence-electron chi connectivity index (χ3n) is 2.43. The van der Waals surface area contributed by atoms with E-state index in [1.54, 1.807) is 0 Å². The predicted molar refractivity (Wildman–Crippen MR) is 65.0 cm³/mol. The Morgan fingerprint density at radius 2 is 1.88 bits per heavy atom. The van der Waals surface area contributed by atoms with E-state index in [0.29, 0.717) is 32.1 Å². The zero-order valence-corrected chi connectivity index (χ0v) is 11.0. The van der Waals surface area contributed by atoms with E-state index in [1.807, 2.05) is 27.5 Å². The third kappa shape index (κ3) is 3.01. The summed E-state index contributed by atoms with van der Waals surface area (Å²) in [6, 6.07) is 2.45. The molecule has 0 radical (unpaired) electrons. The van der Waals surface area contributed by atoms with Crippen molar-refractivity contribution in [3.63, 3.8) is 0 Å². The minimum Gasteiger partial charge on any atom is -0.378 e. The Morgan fingerprint density at radius 3 is 2.47 bits per heavy atom. The number of hydrogen-bond donors (Lipinski definition) is 0. The number of rotatable bonds is 1. The Hall–Kier alpha value is -0.570. The molecular formula is C10H10F3IN2O. The van der Waals surface area contributed by atoms with E-state index in [-0.39, 0.29) is 0 Å². The van der Waals surface area contributed by atoms with Crippen molar-refractivity contribution in [2.45, 2.75) is 6.18 Å². The van der Waals surface area contributed by atoms with Crippen molar-refractivity contribution in [1.29, 1.82) is 0 Å². The minimum absolute atomic E-state index is 0.392. The highest BCUT2D eigenvalue weighted by Gasteiger charge is 2.33. The fourth-order valence-corrected chi connectivity index (χ4v) is 2.23. The summed E-state index contributed by atoms with van der Waals surface area (Å²) in [7, 11) is 0. The van der Waals surface area contributed by atoms with Gasteiger partial charge in [-0.1, -0.05) is 0 Å². The van der Waals surface area contributed by atoms with Gasteiger partial charge in [-0.2, -0.15) is 13.2 Å². The average molecular weight is 358 g/mol. The molecule has 2 heterocycles. The summed E-state index contributed by atoms with van der Waals surface area (Å²) in [4.78, 5) is 5.53. The fourth-order valence-electron chi connectivity index (χ4n) is 1.59. The van der Waals surface area contributed by atoms with Gasteiger partial charge < -0.3 is 9.64 Å². The Balaban J connectivity index is 2.31. The van der Waals surface area contributed by atoms with Gasteiger partial charge in [-0.25, -0.2) is 4.98 Å². The van der Waals surface area contributed by atoms with Crippen LogP contribution >= 0.6 is 22.6 Å². The smallest absolute Gasteiger partial charge is 0.378 e. The molecule has 0 amide bonds. The third-order valence-corrected chi connectivity index (χ3v) is 3.27. The maximum absolute atomic E-state index is 12.6. The maximum atomic E-state index is 12.6. The second kappa shape index (κ2) is 4.97. The lowest BCUT2D eigenvalue weighted by molar-refractivity contribution is -0.141. The molecule has 0 N–H and O–H groups in total. The van der Waals surface area contributed by atoms with E-state index >= 15 is 0 Å². The number of nitrogens with zero attached hydrogens (tertiary/aromatic N) is 2. The van der Waals surface area contributed by atoms with Gasteiger partial charge in [0.15, 0.2) is 0 Å². The first-order valence-corrected chi connectivity index (χ1v) is 6.13. The highest BCUT2D eigenvalue weighted by molar-refractivity contribution is 14.1. The molecule has 94 valence electrons. The van der Waals surface area contributed by atoms with Gasteiger partial charge >= 0.3 is 6.18 Å². The van der Waals surface area contributed by atoms with Gasteiger partial charge in [-0.15, -0.1) is 0 Å². The number of pyridine rings is 1. The first-order valence-electron chi connectivity index (χ1n) is 5.05. The standard InChI is InChI=1S/C10H10F3IN2O/c11-10(12,13)8-2-1-7(14)9(15-8)16-3-5-17-6-4-16/h1-2H,3-6H2. The Bertz CT molecular complexity index is 405. The molecule has 0 saturated carbocycles. The SMILES string of the molecule is FC(F)(F)c1ccc(I)c(N2CCOCC2)n1. The molecule has 0 aromatic carbocycles. The summed E-state index contributed by atoms with van der Waals surface area (Å²) in [5, 5.41) is 0. The number of anilines is 1. The molecule has 2 rings (SSSR count). The lowest BCUT2D eigenvalue weighted by Crippen LogP contribution is -2.37. The van der Waals surface area contributed by atoms with E-state index < -0.39 is 11.9 Å². The maximum Gasteiger partial charge on any atom is 0.433 e. The van der Waals surface area contributed by atoms with Crippen molar-refractivity contribution in [3.8, 4) is 0 Å². The molecule has 17 heavy (non-hydrogen) atoms. The summed E-state index contributed by atoms with van der Waals surface area (Å²) in [6.07, 6.45) is -4.40. The van der Waals surface area contributed by atoms with Crippen molar-refractivity contribution >= 4 is 28.4 Å². The highest BCUT2D eigenvalue weighted by Crippen LogP contribution is 2.31. The molecule has 1 aromatic rings. The van der Waals surface area contributed by atoms with Gasteiger partial charge in [-0.3, -0.25) is 0 Å². The Labute approximate surface area is 110 Å². The molecule has 1 saturated heterocycles. The minimum atomic E-state index is -4.40. The topological polar surface area (TPSA) is 25.4 Å². The molecule has 1 aliphatic heterocycles. The summed E-state index contributed by atoms with van der Waals surface area (Å²) >= 11 is 2.00. The van der Waals surface area contributed by atoms with Crippen molar-refractivity contribution in [3.05, 3.63) is 21.4 Å². The van der Waals surface area contributed by atoms with Crippen molar-refractivity contribution in [2.24, 2.45) is 0 Å². The van der Waals surface area contributed by atoms with Gasteiger partial charge in [0.2, 0.25) is 0 Å². The first-order chi connectivity index (χ1) is 7.98. The van der Waals surface area contributed by atoms with E-state index in [2.05, 4.69) is 4.98 Å². The predicted octanol–water partition coefficient (Wildman–Crippen LogP) is 2.54. The van der Waals surface area contributed by atoms with Crippen LogP contribution in [0.1, 0.15) is 5.69 Å². The first kappa shape index (κ1) is 12.9. The van der Waals surface area contributed by atoms with Crippen LogP contribution in [0.25, 0.3) is 0 Å². The second-order valence-electron chi connectivity index (χ2n) is 3.60. The van der Waals surface area contributed by atoms with Crippen LogP contribution in [0.2, 0.25) is 0 Å². The number of halogens is 4. The van der Waals surface area contributed by atoms with Crippen LogP contribution in [0.15, 0.2) is 12.1 Å². The molecule has 0 aliphatic carbocycles. The number of aromatic nitrogens is 1. The van der Waals surface area contributed by atoms with E-state index in [1.165, 1.54) is 6.07 Å². The summed E-state index contributed by atoms with van der Waals surface area (Å²) < 4.78 is 43.6. The largest absolute Gasteiger partial charge is 0.433 e. The van der Waals surface area contributed by atoms with Crippen LogP contribution in [-0.4, -0.2) is 31.3 Å². The molecule has 1 aromatic heterocycles. The van der Waals surface area contributed by atoms with Crippen LogP contribution < -0.4 is 4.90 Å². The van der Waals surface area contributed by atoms with Crippen LogP contribution in [0.3, 0.4) is 0 Å². The van der Waals surface area contributed by atoms with Crippen molar-refractivity contribution in [2.75, 3.05) is 31.2 Å². The zero-order valence-electron chi connectivity index (χ0n) is 8.80. The molecular weight excluding hydrogens is 348 g/mol. The Kier molecular flexibility index (Phi) is 3.76. The van der Waals surface area contributed by atoms with E-state index in [9.17, 15) is 13.2 Å². The summed E-state index contributed by atoms with van der Waals surface area (Å²) in [6.45, 7) is 2.19. The molecule has 1 aliphatic rings. The zero-order chi connectivity index (χ0) is 12.5. The monoisotopic (exact) mass is 358 g/mol. The fraction of sp³-hybridized carbons (Fsp3) is 0.500. The summed E-state index contributed by atoms with van der Waals surface area (Å²) in [5.74, 6) is 0.392. The van der Waals surface area contributed by atoms with E-state index in [4.69, 9.17) is 4.74 Å². The molecule has 3 nitrogen and oxygen atoms in total. The van der Waals surface area contributed by atoms with Crippen LogP contribution in [0, 0.1) is 3.57 Å². The molecule has 0 spiro atoms. The van der Waals surface area contributed by atoms with Crippen LogP contribution in [0.5, 0.6) is 0 Å².